The minimum atomic E-state index is -2.84. The Morgan fingerprint density at radius 1 is 1.27 bits per heavy atom. The first-order valence-corrected chi connectivity index (χ1v) is 10.2. The number of thiophene rings is 1. The van der Waals surface area contributed by atoms with Crippen LogP contribution in [0, 0.1) is 0 Å². The lowest BCUT2D eigenvalue weighted by Gasteiger charge is -2.37. The molecule has 0 radical (unpaired) electrons. The topological polar surface area (TPSA) is 57.7 Å². The van der Waals surface area contributed by atoms with Crippen LogP contribution < -0.4 is 0 Å². The van der Waals surface area contributed by atoms with Crippen molar-refractivity contribution in [2.24, 2.45) is 0 Å². The molecule has 0 bridgehead atoms. The number of carbonyl (C=O) groups is 1. The fourth-order valence-electron chi connectivity index (χ4n) is 3.02. The van der Waals surface area contributed by atoms with Gasteiger partial charge < -0.3 is 4.90 Å². The summed E-state index contributed by atoms with van der Waals surface area (Å²) in [5.41, 5.74) is 0. The molecule has 0 N–H and O–H groups in total. The third kappa shape index (κ3) is 3.77. The zero-order valence-corrected chi connectivity index (χ0v) is 14.0. The first-order chi connectivity index (χ1) is 10.5. The Hall–Kier alpha value is -1.18. The van der Waals surface area contributed by atoms with Crippen molar-refractivity contribution >= 4 is 33.2 Å². The Bertz CT molecular complexity index is 644. The molecule has 2 aliphatic heterocycles. The van der Waals surface area contributed by atoms with Gasteiger partial charge in [0.15, 0.2) is 9.84 Å². The quantitative estimate of drug-likeness (QED) is 0.773. The van der Waals surface area contributed by atoms with Crippen molar-refractivity contribution in [3.8, 4) is 0 Å². The van der Waals surface area contributed by atoms with Gasteiger partial charge in [0.1, 0.15) is 0 Å². The van der Waals surface area contributed by atoms with Gasteiger partial charge in [-0.3, -0.25) is 9.69 Å². The molecule has 2 saturated heterocycles. The summed E-state index contributed by atoms with van der Waals surface area (Å²) in [6.45, 7) is 2.87. The van der Waals surface area contributed by atoms with Crippen LogP contribution in [0.4, 0.5) is 0 Å². The highest BCUT2D eigenvalue weighted by atomic mass is 32.2. The van der Waals surface area contributed by atoms with Gasteiger partial charge in [0, 0.05) is 43.2 Å². The smallest absolute Gasteiger partial charge is 0.246 e. The number of piperazine rings is 1. The lowest BCUT2D eigenvalue weighted by Crippen LogP contribution is -2.52. The van der Waals surface area contributed by atoms with E-state index in [0.717, 1.165) is 24.4 Å². The predicted octanol–water partition coefficient (Wildman–Crippen LogP) is 1.09. The maximum atomic E-state index is 12.2. The minimum Gasteiger partial charge on any atom is -0.337 e. The van der Waals surface area contributed by atoms with Crippen LogP contribution in [0.5, 0.6) is 0 Å². The molecule has 5 nitrogen and oxygen atoms in total. The van der Waals surface area contributed by atoms with Crippen molar-refractivity contribution in [2.75, 3.05) is 37.7 Å². The van der Waals surface area contributed by atoms with Crippen LogP contribution in [0.1, 0.15) is 11.3 Å². The van der Waals surface area contributed by atoms with Gasteiger partial charge in [-0.1, -0.05) is 6.07 Å². The minimum absolute atomic E-state index is 0.0343. The number of hydrogen-bond acceptors (Lipinski definition) is 5. The Morgan fingerprint density at radius 2 is 2.05 bits per heavy atom. The summed E-state index contributed by atoms with van der Waals surface area (Å²) < 4.78 is 23.1. The lowest BCUT2D eigenvalue weighted by molar-refractivity contribution is -0.127. The fraction of sp³-hybridized carbons (Fsp3) is 0.533. The molecule has 0 unspecified atom stereocenters. The van der Waals surface area contributed by atoms with Gasteiger partial charge >= 0.3 is 0 Å². The molecule has 0 spiro atoms. The van der Waals surface area contributed by atoms with Gasteiger partial charge in [0.05, 0.1) is 11.5 Å². The first kappa shape index (κ1) is 15.7. The summed E-state index contributed by atoms with van der Waals surface area (Å²) in [7, 11) is -2.84. The fourth-order valence-corrected chi connectivity index (χ4v) is 5.40. The molecule has 1 aromatic rings. The SMILES string of the molecule is O=C(/C=C/c1cccs1)N1CCN([C@@H]2CCS(=O)(=O)C2)CC1. The molecule has 1 amide bonds. The molecule has 0 saturated carbocycles. The largest absolute Gasteiger partial charge is 0.337 e. The zero-order valence-electron chi connectivity index (χ0n) is 12.3. The van der Waals surface area contributed by atoms with E-state index in [1.807, 2.05) is 28.5 Å². The van der Waals surface area contributed by atoms with E-state index in [-0.39, 0.29) is 17.7 Å². The summed E-state index contributed by atoms with van der Waals surface area (Å²) in [6.07, 6.45) is 4.21. The third-order valence-corrected chi connectivity index (χ3v) is 6.87. The third-order valence-electron chi connectivity index (χ3n) is 4.28. The molecule has 3 heterocycles. The molecule has 0 aromatic carbocycles. The maximum absolute atomic E-state index is 12.2. The van der Waals surface area contributed by atoms with Crippen LogP contribution >= 0.6 is 11.3 Å². The molecule has 22 heavy (non-hydrogen) atoms. The van der Waals surface area contributed by atoms with Gasteiger partial charge in [-0.15, -0.1) is 11.3 Å². The highest BCUT2D eigenvalue weighted by molar-refractivity contribution is 7.91. The van der Waals surface area contributed by atoms with Crippen molar-refractivity contribution in [2.45, 2.75) is 12.5 Å². The van der Waals surface area contributed by atoms with E-state index in [1.165, 1.54) is 0 Å². The standard InChI is InChI=1S/C15H20N2O3S2/c18-15(4-3-14-2-1-10-21-14)17-8-6-16(7-9-17)13-5-11-22(19,20)12-13/h1-4,10,13H,5-9,11-12H2/b4-3+/t13-/m1/s1. The van der Waals surface area contributed by atoms with E-state index >= 15 is 0 Å². The zero-order chi connectivity index (χ0) is 15.6. The Labute approximate surface area is 135 Å². The van der Waals surface area contributed by atoms with Gasteiger partial charge in [0.25, 0.3) is 0 Å². The van der Waals surface area contributed by atoms with Crippen LogP contribution in [0.25, 0.3) is 6.08 Å². The van der Waals surface area contributed by atoms with Crippen molar-refractivity contribution in [3.63, 3.8) is 0 Å². The van der Waals surface area contributed by atoms with Crippen LogP contribution in [0.3, 0.4) is 0 Å². The molecular weight excluding hydrogens is 320 g/mol. The molecule has 0 aliphatic carbocycles. The summed E-state index contributed by atoms with van der Waals surface area (Å²) in [4.78, 5) is 17.3. The van der Waals surface area contributed by atoms with Gasteiger partial charge in [-0.2, -0.15) is 0 Å². The van der Waals surface area contributed by atoms with E-state index in [1.54, 1.807) is 17.4 Å². The summed E-state index contributed by atoms with van der Waals surface area (Å²) >= 11 is 1.61. The van der Waals surface area contributed by atoms with Crippen molar-refractivity contribution in [1.29, 1.82) is 0 Å². The van der Waals surface area contributed by atoms with Crippen molar-refractivity contribution in [1.82, 2.24) is 9.80 Å². The number of hydrogen-bond donors (Lipinski definition) is 0. The van der Waals surface area contributed by atoms with E-state index in [0.29, 0.717) is 18.8 Å². The highest BCUT2D eigenvalue weighted by Gasteiger charge is 2.34. The van der Waals surface area contributed by atoms with Crippen molar-refractivity contribution < 1.29 is 13.2 Å². The molecule has 2 aliphatic rings. The summed E-state index contributed by atoms with van der Waals surface area (Å²) in [5, 5.41) is 1.98. The molecule has 1 aromatic heterocycles. The Balaban J connectivity index is 1.50. The average Bonchev–Trinajstić information content (AvgIpc) is 3.14. The number of amides is 1. The van der Waals surface area contributed by atoms with E-state index in [4.69, 9.17) is 0 Å². The maximum Gasteiger partial charge on any atom is 0.246 e. The predicted molar refractivity (Wildman–Crippen MR) is 88.6 cm³/mol. The molecule has 1 atom stereocenters. The van der Waals surface area contributed by atoms with E-state index < -0.39 is 9.84 Å². The first-order valence-electron chi connectivity index (χ1n) is 7.48. The van der Waals surface area contributed by atoms with E-state index in [9.17, 15) is 13.2 Å². The molecular formula is C15H20N2O3S2. The molecule has 3 rings (SSSR count). The lowest BCUT2D eigenvalue weighted by atomic mass is 10.2. The van der Waals surface area contributed by atoms with Crippen molar-refractivity contribution in [3.05, 3.63) is 28.5 Å². The van der Waals surface area contributed by atoms with Gasteiger partial charge in [0.2, 0.25) is 5.91 Å². The van der Waals surface area contributed by atoms with Crippen LogP contribution in [-0.2, 0) is 14.6 Å². The second-order valence-corrected chi connectivity index (χ2v) is 8.97. The summed E-state index contributed by atoms with van der Waals surface area (Å²) in [5.74, 6) is 0.617. The molecule has 2 fully saturated rings. The Kier molecular flexibility index (Phi) is 4.65. The monoisotopic (exact) mass is 340 g/mol. The van der Waals surface area contributed by atoms with Crippen LogP contribution in [0.2, 0.25) is 0 Å². The average molecular weight is 340 g/mol. The van der Waals surface area contributed by atoms with Crippen LogP contribution in [0.15, 0.2) is 23.6 Å². The number of rotatable bonds is 3. The molecule has 7 heteroatoms. The Morgan fingerprint density at radius 3 is 2.64 bits per heavy atom. The highest BCUT2D eigenvalue weighted by Crippen LogP contribution is 2.19. The number of carbonyl (C=O) groups excluding carboxylic acids is 1. The van der Waals surface area contributed by atoms with Gasteiger partial charge in [-0.05, 0) is 23.9 Å². The van der Waals surface area contributed by atoms with Crippen LogP contribution in [-0.4, -0.2) is 67.9 Å². The summed E-state index contributed by atoms with van der Waals surface area (Å²) in [6, 6.07) is 4.08. The second kappa shape index (κ2) is 6.52. The van der Waals surface area contributed by atoms with Gasteiger partial charge in [-0.25, -0.2) is 8.42 Å². The van der Waals surface area contributed by atoms with E-state index in [2.05, 4.69) is 4.90 Å². The second-order valence-electron chi connectivity index (χ2n) is 5.77. The molecule has 120 valence electrons. The number of nitrogens with zero attached hydrogens (tertiary/aromatic N) is 2. The number of sulfone groups is 1. The normalized spacial score (nSPS) is 25.8.